The Morgan fingerprint density at radius 1 is 1.12 bits per heavy atom. The number of fused-ring (bicyclic) bond motifs is 2. The van der Waals surface area contributed by atoms with Gasteiger partial charge in [-0.1, -0.05) is 30.7 Å². The van der Waals surface area contributed by atoms with Gasteiger partial charge in [0.05, 0.1) is 17.3 Å². The molecule has 1 atom stereocenters. The van der Waals surface area contributed by atoms with Crippen molar-refractivity contribution >= 4 is 22.7 Å². The third-order valence-corrected chi connectivity index (χ3v) is 8.44. The van der Waals surface area contributed by atoms with Crippen LogP contribution in [0.15, 0.2) is 30.3 Å². The van der Waals surface area contributed by atoms with Gasteiger partial charge in [-0.3, -0.25) is 9.58 Å². The number of nitrogens with one attached hydrogen (secondary N) is 1. The van der Waals surface area contributed by atoms with Crippen LogP contribution in [0.5, 0.6) is 0 Å². The highest BCUT2D eigenvalue weighted by Crippen LogP contribution is 2.44. The average Bonchev–Trinajstić information content (AvgIpc) is 3.70. The molecule has 2 aliphatic heterocycles. The molecule has 1 saturated carbocycles. The molecule has 8 heteroatoms. The molecule has 1 saturated heterocycles. The Morgan fingerprint density at radius 2 is 1.95 bits per heavy atom. The summed E-state index contributed by atoms with van der Waals surface area (Å²) < 4.78 is 14.1. The SMILES string of the molecule is Cn1nc(C2CC2)c2cccc(C(C(=O)OC(C)(C)C)N3CC(OCCCCCc4ccc5c(n4)NCCC5)C3)c21. The second kappa shape index (κ2) is 11.7. The lowest BCUT2D eigenvalue weighted by atomic mass is 9.97. The zero-order valence-corrected chi connectivity index (χ0v) is 25.1. The Morgan fingerprint density at radius 3 is 2.73 bits per heavy atom. The molecule has 0 radical (unpaired) electrons. The number of para-hydroxylation sites is 1. The number of aromatic nitrogens is 3. The molecule has 2 aromatic heterocycles. The third-order valence-electron chi connectivity index (χ3n) is 8.44. The number of anilines is 1. The molecular formula is C33H45N5O3. The fraction of sp³-hybridized carbons (Fsp3) is 0.606. The first-order chi connectivity index (χ1) is 19.8. The Bertz CT molecular complexity index is 1380. The quantitative estimate of drug-likeness (QED) is 0.238. The molecule has 220 valence electrons. The summed E-state index contributed by atoms with van der Waals surface area (Å²) in [5, 5.41) is 9.46. The van der Waals surface area contributed by atoms with Crippen molar-refractivity contribution in [2.75, 3.05) is 31.6 Å². The first kappa shape index (κ1) is 28.2. The number of unbranched alkanes of at least 4 members (excludes halogenated alkanes) is 2. The van der Waals surface area contributed by atoms with Gasteiger partial charge in [0, 0.05) is 55.9 Å². The number of hydrogen-bond donors (Lipinski definition) is 1. The molecule has 1 unspecified atom stereocenters. The number of carbonyl (C=O) groups is 1. The molecule has 4 heterocycles. The number of rotatable bonds is 11. The number of ether oxygens (including phenoxy) is 2. The van der Waals surface area contributed by atoms with Gasteiger partial charge in [-0.2, -0.15) is 5.10 Å². The van der Waals surface area contributed by atoms with Crippen LogP contribution < -0.4 is 5.32 Å². The average molecular weight is 560 g/mol. The van der Waals surface area contributed by atoms with E-state index in [1.807, 2.05) is 32.5 Å². The number of carbonyl (C=O) groups excluding carboxylic acids is 1. The minimum Gasteiger partial charge on any atom is -0.459 e. The fourth-order valence-electron chi connectivity index (χ4n) is 6.23. The maximum atomic E-state index is 13.6. The van der Waals surface area contributed by atoms with Crippen molar-refractivity contribution in [3.8, 4) is 0 Å². The third kappa shape index (κ3) is 6.44. The molecule has 3 aromatic rings. The number of aryl methyl sites for hydroxylation is 3. The molecule has 1 aromatic carbocycles. The largest absolute Gasteiger partial charge is 0.459 e. The Labute approximate surface area is 243 Å². The van der Waals surface area contributed by atoms with Gasteiger partial charge >= 0.3 is 5.97 Å². The predicted octanol–water partition coefficient (Wildman–Crippen LogP) is 5.70. The van der Waals surface area contributed by atoms with Gasteiger partial charge in [-0.25, -0.2) is 9.78 Å². The van der Waals surface area contributed by atoms with Crippen molar-refractivity contribution in [2.45, 2.75) is 95.8 Å². The van der Waals surface area contributed by atoms with Gasteiger partial charge < -0.3 is 14.8 Å². The first-order valence-electron chi connectivity index (χ1n) is 15.5. The minimum absolute atomic E-state index is 0.140. The number of likely N-dealkylation sites (tertiary alicyclic amines) is 1. The van der Waals surface area contributed by atoms with Crippen LogP contribution in [-0.4, -0.2) is 63.6 Å². The molecule has 1 aliphatic carbocycles. The maximum Gasteiger partial charge on any atom is 0.328 e. The van der Waals surface area contributed by atoms with Crippen LogP contribution in [0.4, 0.5) is 5.82 Å². The monoisotopic (exact) mass is 559 g/mol. The summed E-state index contributed by atoms with van der Waals surface area (Å²) in [6.45, 7) is 9.00. The number of hydrogen-bond acceptors (Lipinski definition) is 7. The summed E-state index contributed by atoms with van der Waals surface area (Å²) in [4.78, 5) is 20.6. The molecule has 0 amide bonds. The molecule has 3 aliphatic rings. The molecule has 1 N–H and O–H groups in total. The van der Waals surface area contributed by atoms with Gasteiger partial charge in [0.1, 0.15) is 17.5 Å². The Hall–Kier alpha value is -2.97. The van der Waals surface area contributed by atoms with E-state index in [0.717, 1.165) is 86.3 Å². The molecule has 2 fully saturated rings. The van der Waals surface area contributed by atoms with Gasteiger partial charge in [0.15, 0.2) is 0 Å². The van der Waals surface area contributed by atoms with Crippen molar-refractivity contribution in [3.05, 3.63) is 52.8 Å². The number of benzene rings is 1. The van der Waals surface area contributed by atoms with Gasteiger partial charge in [0.25, 0.3) is 0 Å². The van der Waals surface area contributed by atoms with E-state index < -0.39 is 11.6 Å². The van der Waals surface area contributed by atoms with Gasteiger partial charge in [-0.15, -0.1) is 0 Å². The Balaban J connectivity index is 1.03. The lowest BCUT2D eigenvalue weighted by Crippen LogP contribution is -2.55. The van der Waals surface area contributed by atoms with Crippen molar-refractivity contribution in [3.63, 3.8) is 0 Å². The van der Waals surface area contributed by atoms with E-state index in [1.54, 1.807) is 0 Å². The van der Waals surface area contributed by atoms with E-state index in [-0.39, 0.29) is 12.1 Å². The summed E-state index contributed by atoms with van der Waals surface area (Å²) in [5.74, 6) is 1.42. The molecular weight excluding hydrogens is 514 g/mol. The minimum atomic E-state index is -0.555. The summed E-state index contributed by atoms with van der Waals surface area (Å²) in [6, 6.07) is 10.2. The smallest absolute Gasteiger partial charge is 0.328 e. The Kier molecular flexibility index (Phi) is 8.05. The number of pyridine rings is 1. The van der Waals surface area contributed by atoms with Crippen molar-refractivity contribution in [2.24, 2.45) is 7.05 Å². The van der Waals surface area contributed by atoms with Crippen LogP contribution in [0.25, 0.3) is 10.9 Å². The van der Waals surface area contributed by atoms with E-state index in [0.29, 0.717) is 5.92 Å². The highest BCUT2D eigenvalue weighted by Gasteiger charge is 2.41. The molecule has 41 heavy (non-hydrogen) atoms. The van der Waals surface area contributed by atoms with Crippen LogP contribution in [0, 0.1) is 0 Å². The number of nitrogens with zero attached hydrogens (tertiary/aromatic N) is 4. The lowest BCUT2D eigenvalue weighted by molar-refractivity contribution is -0.168. The predicted molar refractivity (Wildman–Crippen MR) is 161 cm³/mol. The van der Waals surface area contributed by atoms with E-state index >= 15 is 0 Å². The summed E-state index contributed by atoms with van der Waals surface area (Å²) in [6.07, 6.45) is 9.12. The van der Waals surface area contributed by atoms with Crippen LogP contribution in [0.3, 0.4) is 0 Å². The summed E-state index contributed by atoms with van der Waals surface area (Å²) in [7, 11) is 1.99. The topological polar surface area (TPSA) is 81.5 Å². The standard InChI is InChI=1S/C33H45N5O3/c1-33(2,3)41-32(39)30(27-13-8-12-26-28(22-14-15-22)36-37(4)29(26)27)38-20-25(21-38)40-19-7-5-6-11-24-17-16-23-10-9-18-34-31(23)35-24/h8,12-13,16-17,22,25,30H,5-7,9-11,14-15,18-21H2,1-4H3,(H,34,35). The highest BCUT2D eigenvalue weighted by atomic mass is 16.6. The van der Waals surface area contributed by atoms with Crippen LogP contribution in [0.2, 0.25) is 0 Å². The zero-order chi connectivity index (χ0) is 28.6. The van der Waals surface area contributed by atoms with Crippen LogP contribution in [0.1, 0.15) is 93.8 Å². The normalized spacial score (nSPS) is 18.5. The van der Waals surface area contributed by atoms with Crippen LogP contribution in [-0.2, 0) is 34.2 Å². The van der Waals surface area contributed by atoms with E-state index in [1.165, 1.54) is 30.5 Å². The second-order valence-electron chi connectivity index (χ2n) is 13.1. The zero-order valence-electron chi connectivity index (χ0n) is 25.1. The molecule has 8 nitrogen and oxygen atoms in total. The van der Waals surface area contributed by atoms with E-state index in [9.17, 15) is 4.79 Å². The van der Waals surface area contributed by atoms with Crippen molar-refractivity contribution in [1.29, 1.82) is 0 Å². The van der Waals surface area contributed by atoms with E-state index in [4.69, 9.17) is 19.6 Å². The highest BCUT2D eigenvalue weighted by molar-refractivity contribution is 5.91. The van der Waals surface area contributed by atoms with Crippen molar-refractivity contribution < 1.29 is 14.3 Å². The maximum absolute atomic E-state index is 13.6. The fourth-order valence-corrected chi connectivity index (χ4v) is 6.23. The van der Waals surface area contributed by atoms with Gasteiger partial charge in [0.2, 0.25) is 0 Å². The summed E-state index contributed by atoms with van der Waals surface area (Å²) >= 11 is 0. The molecule has 0 bridgehead atoms. The van der Waals surface area contributed by atoms with Gasteiger partial charge in [-0.05, 0) is 77.3 Å². The first-order valence-corrected chi connectivity index (χ1v) is 15.5. The molecule has 6 rings (SSSR count). The number of esters is 1. The van der Waals surface area contributed by atoms with Crippen molar-refractivity contribution in [1.82, 2.24) is 19.7 Å². The second-order valence-corrected chi connectivity index (χ2v) is 13.1. The van der Waals surface area contributed by atoms with E-state index in [2.05, 4.69) is 40.5 Å². The van der Waals surface area contributed by atoms with Crippen LogP contribution >= 0.6 is 0 Å². The summed E-state index contributed by atoms with van der Waals surface area (Å²) in [5.41, 5.74) is 5.14. The molecule has 0 spiro atoms. The lowest BCUT2D eigenvalue weighted by Gasteiger charge is -2.43.